The number of nitrogens with two attached hydrogens (primary N) is 1. The molecule has 1 aliphatic heterocycles. The maximum Gasteiger partial charge on any atom is 0.254 e. The molecule has 2 aromatic heterocycles. The molecule has 2 N–H and O–H groups in total. The largest absolute Gasteiger partial charge is 0.378 e. The molecule has 1 unspecified atom stereocenters. The molecule has 0 aromatic carbocycles. The van der Waals surface area contributed by atoms with Crippen LogP contribution >= 0.6 is 0 Å². The highest BCUT2D eigenvalue weighted by molar-refractivity contribution is 6.05. The summed E-state index contributed by atoms with van der Waals surface area (Å²) in [5.41, 5.74) is 7.86. The van der Waals surface area contributed by atoms with Crippen LogP contribution in [-0.2, 0) is 4.74 Å². The molecule has 3 heterocycles. The van der Waals surface area contributed by atoms with Crippen LogP contribution in [0.5, 0.6) is 0 Å². The van der Waals surface area contributed by atoms with E-state index in [1.54, 1.807) is 6.20 Å². The van der Waals surface area contributed by atoms with Gasteiger partial charge in [-0.3, -0.25) is 4.79 Å². The minimum Gasteiger partial charge on any atom is -0.378 e. The molecule has 0 aliphatic carbocycles. The molecule has 2 aromatic rings. The van der Waals surface area contributed by atoms with E-state index in [4.69, 9.17) is 10.5 Å². The van der Waals surface area contributed by atoms with Gasteiger partial charge in [0.05, 0.1) is 29.3 Å². The summed E-state index contributed by atoms with van der Waals surface area (Å²) in [7, 11) is 0. The van der Waals surface area contributed by atoms with Crippen LogP contribution in [-0.4, -0.2) is 57.9 Å². The van der Waals surface area contributed by atoms with E-state index >= 15 is 0 Å². The third kappa shape index (κ3) is 4.30. The van der Waals surface area contributed by atoms with E-state index in [1.165, 1.54) is 0 Å². The number of carbonyl (C=O) groups excluding carboxylic acids is 1. The van der Waals surface area contributed by atoms with Gasteiger partial charge in [-0.05, 0) is 52.1 Å². The Morgan fingerprint density at radius 3 is 2.81 bits per heavy atom. The zero-order valence-corrected chi connectivity index (χ0v) is 16.6. The van der Waals surface area contributed by atoms with Crippen LogP contribution in [0.4, 0.5) is 0 Å². The standard InChI is InChI=1S/C20H31N5O2/c1-4-15(3)25-19-18(13-22-25)17(12-14(2)23-19)20(26)24-9-6-16(7-10-24)27-11-5-8-21/h12-13,15-16H,4-11,21H2,1-3H3. The Bertz CT molecular complexity index is 780. The molecule has 3 rings (SSSR count). The van der Waals surface area contributed by atoms with Crippen LogP contribution in [0.1, 0.15) is 61.6 Å². The van der Waals surface area contributed by atoms with Gasteiger partial charge in [-0.2, -0.15) is 5.10 Å². The third-order valence-corrected chi connectivity index (χ3v) is 5.36. The second-order valence-corrected chi connectivity index (χ2v) is 7.40. The van der Waals surface area contributed by atoms with E-state index in [0.29, 0.717) is 31.8 Å². The predicted molar refractivity (Wildman–Crippen MR) is 106 cm³/mol. The summed E-state index contributed by atoms with van der Waals surface area (Å²) in [4.78, 5) is 19.8. The lowest BCUT2D eigenvalue weighted by molar-refractivity contribution is 0.00849. The highest BCUT2D eigenvalue weighted by Crippen LogP contribution is 2.25. The number of fused-ring (bicyclic) bond motifs is 1. The number of rotatable bonds is 7. The molecule has 0 bridgehead atoms. The lowest BCUT2D eigenvalue weighted by atomic mass is 10.0. The van der Waals surface area contributed by atoms with E-state index in [2.05, 4.69) is 23.9 Å². The van der Waals surface area contributed by atoms with Crippen molar-refractivity contribution < 1.29 is 9.53 Å². The number of aryl methyl sites for hydroxylation is 1. The number of nitrogens with zero attached hydrogens (tertiary/aromatic N) is 4. The zero-order chi connectivity index (χ0) is 19.4. The van der Waals surface area contributed by atoms with Gasteiger partial charge in [-0.1, -0.05) is 6.92 Å². The molecule has 1 atom stereocenters. The van der Waals surface area contributed by atoms with Crippen molar-refractivity contribution in [3.05, 3.63) is 23.5 Å². The molecule has 148 valence electrons. The quantitative estimate of drug-likeness (QED) is 0.754. The first-order chi connectivity index (χ1) is 13.0. The molecule has 0 saturated carbocycles. The van der Waals surface area contributed by atoms with E-state index < -0.39 is 0 Å². The van der Waals surface area contributed by atoms with Gasteiger partial charge >= 0.3 is 0 Å². The number of hydrogen-bond acceptors (Lipinski definition) is 5. The molecule has 7 heteroatoms. The Labute approximate surface area is 160 Å². The smallest absolute Gasteiger partial charge is 0.254 e. The van der Waals surface area contributed by atoms with Crippen molar-refractivity contribution in [1.82, 2.24) is 19.7 Å². The molecule has 7 nitrogen and oxygen atoms in total. The van der Waals surface area contributed by atoms with Crippen molar-refractivity contribution in [3.63, 3.8) is 0 Å². The molecule has 1 fully saturated rings. The second-order valence-electron chi connectivity index (χ2n) is 7.40. The Morgan fingerprint density at radius 2 is 2.15 bits per heavy atom. The van der Waals surface area contributed by atoms with Crippen LogP contribution in [0.2, 0.25) is 0 Å². The first kappa shape index (κ1) is 19.8. The Balaban J connectivity index is 1.76. The first-order valence-corrected chi connectivity index (χ1v) is 10.0. The Morgan fingerprint density at radius 1 is 1.41 bits per heavy atom. The molecule has 0 spiro atoms. The molecular formula is C20H31N5O2. The molecule has 0 radical (unpaired) electrons. The van der Waals surface area contributed by atoms with Crippen molar-refractivity contribution in [2.24, 2.45) is 5.73 Å². The maximum absolute atomic E-state index is 13.2. The number of piperidine rings is 1. The van der Waals surface area contributed by atoms with Crippen LogP contribution in [0.3, 0.4) is 0 Å². The fraction of sp³-hybridized carbons (Fsp3) is 0.650. The first-order valence-electron chi connectivity index (χ1n) is 10.0. The number of hydrogen-bond donors (Lipinski definition) is 1. The lowest BCUT2D eigenvalue weighted by Crippen LogP contribution is -2.41. The van der Waals surface area contributed by atoms with Crippen LogP contribution < -0.4 is 5.73 Å². The number of aromatic nitrogens is 3. The molecule has 1 saturated heterocycles. The van der Waals surface area contributed by atoms with Gasteiger partial charge in [0, 0.05) is 25.4 Å². The number of amides is 1. The molecule has 1 amide bonds. The van der Waals surface area contributed by atoms with Gasteiger partial charge in [0.2, 0.25) is 0 Å². The topological polar surface area (TPSA) is 86.3 Å². The van der Waals surface area contributed by atoms with E-state index in [9.17, 15) is 4.79 Å². The fourth-order valence-corrected chi connectivity index (χ4v) is 3.54. The maximum atomic E-state index is 13.2. The van der Waals surface area contributed by atoms with Gasteiger partial charge in [-0.15, -0.1) is 0 Å². The second kappa shape index (κ2) is 8.80. The minimum atomic E-state index is 0.0645. The van der Waals surface area contributed by atoms with Gasteiger partial charge in [0.25, 0.3) is 5.91 Å². The number of likely N-dealkylation sites (tertiary alicyclic amines) is 1. The number of pyridine rings is 1. The van der Waals surface area contributed by atoms with E-state index in [1.807, 2.05) is 22.6 Å². The van der Waals surface area contributed by atoms with Crippen LogP contribution in [0.15, 0.2) is 12.3 Å². The molecular weight excluding hydrogens is 342 g/mol. The highest BCUT2D eigenvalue weighted by Gasteiger charge is 2.26. The number of ether oxygens (including phenoxy) is 1. The Hall–Kier alpha value is -1.99. The molecule has 1 aliphatic rings. The van der Waals surface area contributed by atoms with Gasteiger partial charge in [-0.25, -0.2) is 9.67 Å². The summed E-state index contributed by atoms with van der Waals surface area (Å²) in [6.07, 6.45) is 5.60. The van der Waals surface area contributed by atoms with Gasteiger partial charge in [0.1, 0.15) is 0 Å². The summed E-state index contributed by atoms with van der Waals surface area (Å²) < 4.78 is 7.77. The Kier molecular flexibility index (Phi) is 6.44. The van der Waals surface area contributed by atoms with Crippen molar-refractivity contribution in [2.75, 3.05) is 26.2 Å². The minimum absolute atomic E-state index is 0.0645. The average molecular weight is 374 g/mol. The average Bonchev–Trinajstić information content (AvgIpc) is 3.10. The lowest BCUT2D eigenvalue weighted by Gasteiger charge is -2.32. The predicted octanol–water partition coefficient (Wildman–Crippen LogP) is 2.68. The SMILES string of the molecule is CCC(C)n1ncc2c(C(=O)N3CCC(OCCCN)CC3)cc(C)nc21. The summed E-state index contributed by atoms with van der Waals surface area (Å²) in [6.45, 7) is 8.96. The summed E-state index contributed by atoms with van der Waals surface area (Å²) in [5.74, 6) is 0.0645. The normalized spacial score (nSPS) is 16.8. The van der Waals surface area contributed by atoms with Gasteiger partial charge in [0.15, 0.2) is 5.65 Å². The molecule has 27 heavy (non-hydrogen) atoms. The summed E-state index contributed by atoms with van der Waals surface area (Å²) >= 11 is 0. The van der Waals surface area contributed by atoms with Gasteiger partial charge < -0.3 is 15.4 Å². The summed E-state index contributed by atoms with van der Waals surface area (Å²) in [5, 5.41) is 5.34. The fourth-order valence-electron chi connectivity index (χ4n) is 3.54. The van der Waals surface area contributed by atoms with E-state index in [0.717, 1.165) is 42.4 Å². The number of carbonyl (C=O) groups is 1. The van der Waals surface area contributed by atoms with Crippen molar-refractivity contribution in [3.8, 4) is 0 Å². The monoisotopic (exact) mass is 373 g/mol. The van der Waals surface area contributed by atoms with Crippen molar-refractivity contribution >= 4 is 16.9 Å². The zero-order valence-electron chi connectivity index (χ0n) is 16.6. The van der Waals surface area contributed by atoms with Crippen LogP contribution in [0.25, 0.3) is 11.0 Å². The summed E-state index contributed by atoms with van der Waals surface area (Å²) in [6, 6.07) is 2.14. The van der Waals surface area contributed by atoms with E-state index in [-0.39, 0.29) is 18.1 Å². The highest BCUT2D eigenvalue weighted by atomic mass is 16.5. The van der Waals surface area contributed by atoms with Crippen molar-refractivity contribution in [2.45, 2.75) is 58.6 Å². The van der Waals surface area contributed by atoms with Crippen molar-refractivity contribution in [1.29, 1.82) is 0 Å². The third-order valence-electron chi connectivity index (χ3n) is 5.36. The van der Waals surface area contributed by atoms with Crippen LogP contribution in [0, 0.1) is 6.92 Å².